The summed E-state index contributed by atoms with van der Waals surface area (Å²) in [4.78, 5) is 17.3. The average molecular weight is 674 g/mol. The van der Waals surface area contributed by atoms with Gasteiger partial charge in [-0.25, -0.2) is 4.98 Å². The second-order valence-corrected chi connectivity index (χ2v) is 14.5. The molecular formula is C45H31N5S. The van der Waals surface area contributed by atoms with Gasteiger partial charge in [0.2, 0.25) is 5.95 Å². The van der Waals surface area contributed by atoms with E-state index in [0.29, 0.717) is 17.6 Å². The molecule has 0 saturated heterocycles. The first-order valence-corrected chi connectivity index (χ1v) is 18.5. The number of rotatable bonds is 4. The fraction of sp³-hybridized carbons (Fsp3) is 0.0889. The van der Waals surface area contributed by atoms with Crippen LogP contribution in [0.4, 0.5) is 0 Å². The predicted octanol–water partition coefficient (Wildman–Crippen LogP) is 11.8. The van der Waals surface area contributed by atoms with Crippen LogP contribution in [0.1, 0.15) is 29.7 Å². The molecule has 0 amide bonds. The number of para-hydroxylation sites is 2. The van der Waals surface area contributed by atoms with Crippen molar-refractivity contribution in [1.82, 2.24) is 24.1 Å². The van der Waals surface area contributed by atoms with Crippen LogP contribution in [0.5, 0.6) is 0 Å². The minimum Gasteiger partial charge on any atom is -0.311 e. The first-order valence-electron chi connectivity index (χ1n) is 17.7. The monoisotopic (exact) mass is 673 g/mol. The van der Waals surface area contributed by atoms with E-state index in [2.05, 4.69) is 131 Å². The summed E-state index contributed by atoms with van der Waals surface area (Å²) in [5.74, 6) is 1.96. The number of fused-ring (bicyclic) bond motifs is 10. The van der Waals surface area contributed by atoms with Gasteiger partial charge in [-0.15, -0.1) is 11.3 Å². The second kappa shape index (κ2) is 11.2. The number of thiophene rings is 1. The van der Waals surface area contributed by atoms with E-state index in [1.54, 1.807) is 0 Å². The highest BCUT2D eigenvalue weighted by Crippen LogP contribution is 2.44. The van der Waals surface area contributed by atoms with Crippen molar-refractivity contribution < 1.29 is 0 Å². The van der Waals surface area contributed by atoms with E-state index in [1.807, 2.05) is 29.5 Å². The van der Waals surface area contributed by atoms with Gasteiger partial charge in [-0.05, 0) is 67.0 Å². The van der Waals surface area contributed by atoms with E-state index in [4.69, 9.17) is 15.0 Å². The highest BCUT2D eigenvalue weighted by Gasteiger charge is 2.25. The fourth-order valence-corrected chi connectivity index (χ4v) is 9.55. The van der Waals surface area contributed by atoms with Gasteiger partial charge in [0, 0.05) is 47.9 Å². The van der Waals surface area contributed by atoms with Gasteiger partial charge in [0.1, 0.15) is 0 Å². The van der Waals surface area contributed by atoms with E-state index in [-0.39, 0.29) is 0 Å². The third kappa shape index (κ3) is 4.30. The van der Waals surface area contributed by atoms with Gasteiger partial charge in [0.05, 0.1) is 22.1 Å². The molecule has 0 aliphatic heterocycles. The molecule has 0 radical (unpaired) electrons. The predicted molar refractivity (Wildman–Crippen MR) is 213 cm³/mol. The number of aromatic nitrogens is 5. The molecule has 242 valence electrons. The Morgan fingerprint density at radius 2 is 1.24 bits per heavy atom. The van der Waals surface area contributed by atoms with Gasteiger partial charge < -0.3 is 4.57 Å². The smallest absolute Gasteiger partial charge is 0.238 e. The average Bonchev–Trinajstić information content (AvgIpc) is 3.86. The van der Waals surface area contributed by atoms with Gasteiger partial charge in [0.25, 0.3) is 0 Å². The lowest BCUT2D eigenvalue weighted by Crippen LogP contribution is -2.07. The summed E-state index contributed by atoms with van der Waals surface area (Å²) in [5.41, 5.74) is 9.28. The normalized spacial score (nSPS) is 14.3. The SMILES string of the molecule is C1=CCCC(n2c3ccccc3c3ccc4c5ccccc5n(-c5nc(-c6ccccc6)nc(-c6cccc7c8c(sc67)C=CCC8)n5)c4c32)=C1. The van der Waals surface area contributed by atoms with Gasteiger partial charge in [-0.1, -0.05) is 109 Å². The first kappa shape index (κ1) is 28.7. The van der Waals surface area contributed by atoms with E-state index >= 15 is 0 Å². The third-order valence-electron chi connectivity index (χ3n) is 10.5. The molecule has 6 heteroatoms. The minimum atomic E-state index is 0.616. The van der Waals surface area contributed by atoms with Gasteiger partial charge >= 0.3 is 0 Å². The molecule has 4 heterocycles. The molecule has 4 aromatic heterocycles. The second-order valence-electron chi connectivity index (χ2n) is 13.4. The summed E-state index contributed by atoms with van der Waals surface area (Å²) in [5, 5.41) is 6.12. The van der Waals surface area contributed by atoms with Gasteiger partial charge in [0.15, 0.2) is 11.6 Å². The molecule has 11 rings (SSSR count). The van der Waals surface area contributed by atoms with E-state index in [1.165, 1.54) is 58.8 Å². The summed E-state index contributed by atoms with van der Waals surface area (Å²) >= 11 is 1.84. The number of nitrogens with zero attached hydrogens (tertiary/aromatic N) is 5. The summed E-state index contributed by atoms with van der Waals surface area (Å²) in [6, 6.07) is 38.9. The molecule has 5 aromatic carbocycles. The highest BCUT2D eigenvalue weighted by atomic mass is 32.1. The van der Waals surface area contributed by atoms with Crippen LogP contribution in [-0.4, -0.2) is 24.1 Å². The Morgan fingerprint density at radius 3 is 2.02 bits per heavy atom. The Kier molecular flexibility index (Phi) is 6.31. The zero-order valence-corrected chi connectivity index (χ0v) is 28.6. The topological polar surface area (TPSA) is 48.5 Å². The van der Waals surface area contributed by atoms with E-state index < -0.39 is 0 Å². The molecule has 0 bridgehead atoms. The van der Waals surface area contributed by atoms with Crippen molar-refractivity contribution in [3.8, 4) is 28.7 Å². The van der Waals surface area contributed by atoms with Gasteiger partial charge in [-0.2, -0.15) is 9.97 Å². The Balaban J connectivity index is 1.28. The van der Waals surface area contributed by atoms with Crippen molar-refractivity contribution >= 4 is 76.8 Å². The van der Waals surface area contributed by atoms with E-state index in [9.17, 15) is 0 Å². The molecule has 5 nitrogen and oxygen atoms in total. The maximum absolute atomic E-state index is 5.43. The molecule has 0 saturated carbocycles. The quantitative estimate of drug-likeness (QED) is 0.187. The zero-order chi connectivity index (χ0) is 33.5. The van der Waals surface area contributed by atoms with Crippen LogP contribution >= 0.6 is 11.3 Å². The maximum atomic E-state index is 5.43. The largest absolute Gasteiger partial charge is 0.311 e. The molecule has 2 aliphatic rings. The Labute approximate surface area is 298 Å². The van der Waals surface area contributed by atoms with Crippen molar-refractivity contribution in [2.24, 2.45) is 0 Å². The van der Waals surface area contributed by atoms with Crippen LogP contribution in [0.25, 0.3) is 94.2 Å². The number of allylic oxidation sites excluding steroid dienone is 5. The van der Waals surface area contributed by atoms with Gasteiger partial charge in [-0.3, -0.25) is 4.57 Å². The molecular weight excluding hydrogens is 643 g/mol. The first-order chi connectivity index (χ1) is 25.3. The molecule has 0 atom stereocenters. The van der Waals surface area contributed by atoms with Crippen LogP contribution in [-0.2, 0) is 6.42 Å². The molecule has 0 N–H and O–H groups in total. The number of aryl methyl sites for hydroxylation is 1. The van der Waals surface area contributed by atoms with Crippen molar-refractivity contribution in [2.45, 2.75) is 25.7 Å². The molecule has 0 fully saturated rings. The summed E-state index contributed by atoms with van der Waals surface area (Å²) < 4.78 is 6.00. The van der Waals surface area contributed by atoms with Crippen LogP contribution in [0.3, 0.4) is 0 Å². The number of benzene rings is 5. The van der Waals surface area contributed by atoms with E-state index in [0.717, 1.165) is 47.8 Å². The van der Waals surface area contributed by atoms with Crippen molar-refractivity contribution in [2.75, 3.05) is 0 Å². The summed E-state index contributed by atoms with van der Waals surface area (Å²) in [7, 11) is 0. The molecule has 2 aliphatic carbocycles. The fourth-order valence-electron chi connectivity index (χ4n) is 8.26. The Bertz CT molecular complexity index is 2970. The minimum absolute atomic E-state index is 0.616. The van der Waals surface area contributed by atoms with Crippen LogP contribution < -0.4 is 0 Å². The van der Waals surface area contributed by atoms with Crippen molar-refractivity contribution in [3.05, 3.63) is 144 Å². The molecule has 51 heavy (non-hydrogen) atoms. The standard InChI is InChI=1S/C45H31N5S/c1-3-14-28(15-4-1)43-46-44(36-22-13-21-35-32-20-9-12-25-39(32)51-42(35)36)48-45(47-43)50-38-24-11-8-19-31(38)34-27-26-33-30-18-7-10-23-37(30)49(40(33)41(34)50)29-16-5-2-6-17-29/h1-5,7-8,10-16,18-19,21-27H,6,9,17,20H2. The molecule has 9 aromatic rings. The van der Waals surface area contributed by atoms with Crippen LogP contribution in [0, 0.1) is 0 Å². The maximum Gasteiger partial charge on any atom is 0.238 e. The van der Waals surface area contributed by atoms with Crippen molar-refractivity contribution in [3.63, 3.8) is 0 Å². The lowest BCUT2D eigenvalue weighted by Gasteiger charge is -2.16. The van der Waals surface area contributed by atoms with Crippen molar-refractivity contribution in [1.29, 1.82) is 0 Å². The van der Waals surface area contributed by atoms with Crippen LogP contribution in [0.2, 0.25) is 0 Å². The third-order valence-corrected chi connectivity index (χ3v) is 11.8. The summed E-state index contributed by atoms with van der Waals surface area (Å²) in [6.45, 7) is 0. The zero-order valence-electron chi connectivity index (χ0n) is 27.8. The number of hydrogen-bond donors (Lipinski definition) is 0. The number of hydrogen-bond acceptors (Lipinski definition) is 4. The highest BCUT2D eigenvalue weighted by molar-refractivity contribution is 7.20. The molecule has 0 spiro atoms. The lowest BCUT2D eigenvalue weighted by atomic mass is 10.00. The van der Waals surface area contributed by atoms with Crippen LogP contribution in [0.15, 0.2) is 133 Å². The Morgan fingerprint density at radius 1 is 0.549 bits per heavy atom. The summed E-state index contributed by atoms with van der Waals surface area (Å²) in [6.07, 6.45) is 15.4. The molecule has 0 unspecified atom stereocenters. The Hall–Kier alpha value is -6.11. The lowest BCUT2D eigenvalue weighted by molar-refractivity contribution is 0.951.